The summed E-state index contributed by atoms with van der Waals surface area (Å²) in [4.78, 5) is 19.6. The van der Waals surface area contributed by atoms with E-state index >= 15 is 0 Å². The van der Waals surface area contributed by atoms with Crippen LogP contribution in [0, 0.1) is 0 Å². The van der Waals surface area contributed by atoms with Crippen molar-refractivity contribution in [3.05, 3.63) is 53.6 Å². The number of carbonyl (C=O) groups excluding carboxylic acids is 1. The van der Waals surface area contributed by atoms with E-state index < -0.39 is 0 Å². The topological polar surface area (TPSA) is 48.1 Å². The molecule has 164 valence electrons. The van der Waals surface area contributed by atoms with Gasteiger partial charge in [0.15, 0.2) is 0 Å². The van der Waals surface area contributed by atoms with E-state index in [0.717, 1.165) is 70.3 Å². The van der Waals surface area contributed by atoms with Crippen LogP contribution in [0.4, 0.5) is 11.4 Å². The standard InChI is InChI=1S/C25H32N4O2/c30-25(26-22-4-6-23(7-5-22)29-10-1-2-11-29)19-28-14-12-27(13-15-28)18-20-3-8-24-21(17-20)9-16-31-24/h3-8,17H,1-2,9-16,18-19H2,(H,26,30). The summed E-state index contributed by atoms with van der Waals surface area (Å²) in [7, 11) is 0. The monoisotopic (exact) mass is 420 g/mol. The molecule has 2 aromatic rings. The van der Waals surface area contributed by atoms with Gasteiger partial charge in [-0.15, -0.1) is 0 Å². The molecule has 2 aromatic carbocycles. The molecule has 2 saturated heterocycles. The van der Waals surface area contributed by atoms with E-state index in [4.69, 9.17) is 4.74 Å². The third-order valence-electron chi connectivity index (χ3n) is 6.61. The van der Waals surface area contributed by atoms with Crippen molar-refractivity contribution in [2.45, 2.75) is 25.8 Å². The fourth-order valence-corrected chi connectivity index (χ4v) is 4.84. The molecule has 31 heavy (non-hydrogen) atoms. The number of fused-ring (bicyclic) bond motifs is 1. The van der Waals surface area contributed by atoms with Crippen LogP contribution < -0.4 is 15.0 Å². The van der Waals surface area contributed by atoms with Gasteiger partial charge >= 0.3 is 0 Å². The number of ether oxygens (including phenoxy) is 1. The molecule has 6 nitrogen and oxygen atoms in total. The zero-order valence-electron chi connectivity index (χ0n) is 18.2. The van der Waals surface area contributed by atoms with Crippen molar-refractivity contribution in [2.24, 2.45) is 0 Å². The minimum Gasteiger partial charge on any atom is -0.493 e. The first kappa shape index (κ1) is 20.3. The van der Waals surface area contributed by atoms with E-state index in [1.165, 1.54) is 29.7 Å². The average Bonchev–Trinajstić information content (AvgIpc) is 3.47. The zero-order chi connectivity index (χ0) is 21.0. The first-order valence-corrected chi connectivity index (χ1v) is 11.6. The summed E-state index contributed by atoms with van der Waals surface area (Å²) in [5.74, 6) is 1.12. The summed E-state index contributed by atoms with van der Waals surface area (Å²) in [5.41, 5.74) is 4.82. The number of anilines is 2. The van der Waals surface area contributed by atoms with Crippen LogP contribution >= 0.6 is 0 Å². The summed E-state index contributed by atoms with van der Waals surface area (Å²) >= 11 is 0. The van der Waals surface area contributed by atoms with Crippen molar-refractivity contribution in [2.75, 3.05) is 62.6 Å². The molecule has 3 heterocycles. The van der Waals surface area contributed by atoms with Crippen LogP contribution in [0.3, 0.4) is 0 Å². The van der Waals surface area contributed by atoms with Crippen molar-refractivity contribution < 1.29 is 9.53 Å². The zero-order valence-corrected chi connectivity index (χ0v) is 18.2. The number of carbonyl (C=O) groups is 1. The Kier molecular flexibility index (Phi) is 6.09. The molecule has 0 aromatic heterocycles. The fraction of sp³-hybridized carbons (Fsp3) is 0.480. The molecule has 0 radical (unpaired) electrons. The highest BCUT2D eigenvalue weighted by Crippen LogP contribution is 2.26. The molecule has 0 aliphatic carbocycles. The van der Waals surface area contributed by atoms with Gasteiger partial charge in [-0.1, -0.05) is 12.1 Å². The highest BCUT2D eigenvalue weighted by atomic mass is 16.5. The predicted molar refractivity (Wildman–Crippen MR) is 124 cm³/mol. The van der Waals surface area contributed by atoms with E-state index in [1.807, 2.05) is 12.1 Å². The Morgan fingerprint density at radius 3 is 2.42 bits per heavy atom. The SMILES string of the molecule is O=C(CN1CCN(Cc2ccc3c(c2)CCO3)CC1)Nc1ccc(N2CCCC2)cc1. The Hall–Kier alpha value is -2.57. The molecule has 1 N–H and O–H groups in total. The minimum absolute atomic E-state index is 0.0704. The number of piperazine rings is 1. The van der Waals surface area contributed by atoms with Crippen LogP contribution in [0.2, 0.25) is 0 Å². The summed E-state index contributed by atoms with van der Waals surface area (Å²) in [5, 5.41) is 3.06. The number of hydrogen-bond donors (Lipinski definition) is 1. The van der Waals surface area contributed by atoms with E-state index in [9.17, 15) is 4.79 Å². The van der Waals surface area contributed by atoms with Gasteiger partial charge in [-0.05, 0) is 54.3 Å². The Morgan fingerprint density at radius 1 is 0.903 bits per heavy atom. The quantitative estimate of drug-likeness (QED) is 0.779. The fourth-order valence-electron chi connectivity index (χ4n) is 4.84. The van der Waals surface area contributed by atoms with Gasteiger partial charge in [-0.2, -0.15) is 0 Å². The maximum Gasteiger partial charge on any atom is 0.238 e. The Labute approximate surface area is 184 Å². The van der Waals surface area contributed by atoms with Crippen molar-refractivity contribution >= 4 is 17.3 Å². The third-order valence-corrected chi connectivity index (χ3v) is 6.61. The van der Waals surface area contributed by atoms with Gasteiger partial charge < -0.3 is 15.0 Å². The van der Waals surface area contributed by atoms with Gasteiger partial charge in [0.1, 0.15) is 5.75 Å². The lowest BCUT2D eigenvalue weighted by Crippen LogP contribution is -2.48. The van der Waals surface area contributed by atoms with E-state index in [1.54, 1.807) is 0 Å². The Bertz CT molecular complexity index is 900. The maximum absolute atomic E-state index is 12.5. The normalized spacial score (nSPS) is 19.3. The number of amides is 1. The molecule has 2 fully saturated rings. The molecule has 0 spiro atoms. The number of nitrogens with zero attached hydrogens (tertiary/aromatic N) is 3. The molecule has 0 bridgehead atoms. The average molecular weight is 421 g/mol. The van der Waals surface area contributed by atoms with E-state index in [0.29, 0.717) is 6.54 Å². The number of hydrogen-bond acceptors (Lipinski definition) is 5. The van der Waals surface area contributed by atoms with Crippen LogP contribution in [0.5, 0.6) is 5.75 Å². The molecule has 3 aliphatic rings. The maximum atomic E-state index is 12.5. The summed E-state index contributed by atoms with van der Waals surface area (Å²) in [6.45, 7) is 8.34. The summed E-state index contributed by atoms with van der Waals surface area (Å²) in [6.07, 6.45) is 3.56. The first-order valence-electron chi connectivity index (χ1n) is 11.6. The highest BCUT2D eigenvalue weighted by molar-refractivity contribution is 5.92. The molecule has 0 atom stereocenters. The van der Waals surface area contributed by atoms with Crippen molar-refractivity contribution in [1.82, 2.24) is 9.80 Å². The van der Waals surface area contributed by atoms with Crippen LogP contribution in [-0.2, 0) is 17.8 Å². The molecule has 1 amide bonds. The van der Waals surface area contributed by atoms with Gasteiger partial charge in [0.2, 0.25) is 5.91 Å². The van der Waals surface area contributed by atoms with Crippen LogP contribution in [-0.4, -0.2) is 68.1 Å². The van der Waals surface area contributed by atoms with Crippen LogP contribution in [0.25, 0.3) is 0 Å². The van der Waals surface area contributed by atoms with Crippen molar-refractivity contribution in [3.63, 3.8) is 0 Å². The number of nitrogens with one attached hydrogen (secondary N) is 1. The second kappa shape index (κ2) is 9.28. The largest absolute Gasteiger partial charge is 0.493 e. The first-order chi connectivity index (χ1) is 15.2. The molecule has 6 heteroatoms. The van der Waals surface area contributed by atoms with Crippen LogP contribution in [0.15, 0.2) is 42.5 Å². The molecule has 5 rings (SSSR count). The molecular formula is C25H32N4O2. The summed E-state index contributed by atoms with van der Waals surface area (Å²) in [6, 6.07) is 14.8. The molecular weight excluding hydrogens is 388 g/mol. The second-order valence-corrected chi connectivity index (χ2v) is 8.88. The lowest BCUT2D eigenvalue weighted by Gasteiger charge is -2.34. The molecule has 0 saturated carbocycles. The smallest absolute Gasteiger partial charge is 0.238 e. The minimum atomic E-state index is 0.0704. The highest BCUT2D eigenvalue weighted by Gasteiger charge is 2.20. The van der Waals surface area contributed by atoms with Gasteiger partial charge in [0.05, 0.1) is 13.2 Å². The van der Waals surface area contributed by atoms with Gasteiger partial charge in [-0.25, -0.2) is 0 Å². The lowest BCUT2D eigenvalue weighted by molar-refractivity contribution is -0.117. The Morgan fingerprint density at radius 2 is 1.65 bits per heavy atom. The van der Waals surface area contributed by atoms with E-state index in [2.05, 4.69) is 50.3 Å². The van der Waals surface area contributed by atoms with Gasteiger partial charge in [0.25, 0.3) is 0 Å². The summed E-state index contributed by atoms with van der Waals surface area (Å²) < 4.78 is 5.61. The van der Waals surface area contributed by atoms with Crippen molar-refractivity contribution in [3.8, 4) is 5.75 Å². The number of benzene rings is 2. The second-order valence-electron chi connectivity index (χ2n) is 8.88. The van der Waals surface area contributed by atoms with Gasteiger partial charge in [0, 0.05) is 63.6 Å². The van der Waals surface area contributed by atoms with Crippen LogP contribution in [0.1, 0.15) is 24.0 Å². The van der Waals surface area contributed by atoms with Gasteiger partial charge in [-0.3, -0.25) is 14.6 Å². The van der Waals surface area contributed by atoms with E-state index in [-0.39, 0.29) is 5.91 Å². The lowest BCUT2D eigenvalue weighted by atomic mass is 10.1. The molecule has 0 unspecified atom stereocenters. The van der Waals surface area contributed by atoms with Crippen molar-refractivity contribution in [1.29, 1.82) is 0 Å². The predicted octanol–water partition coefficient (Wildman–Crippen LogP) is 2.98. The Balaban J connectivity index is 1.06. The molecule has 3 aliphatic heterocycles. The number of rotatable bonds is 6. The third kappa shape index (κ3) is 5.02.